The van der Waals surface area contributed by atoms with Crippen molar-refractivity contribution in [1.29, 1.82) is 0 Å². The van der Waals surface area contributed by atoms with Gasteiger partial charge in [0.1, 0.15) is 0 Å². The van der Waals surface area contributed by atoms with Gasteiger partial charge < -0.3 is 9.80 Å². The molecular formula is C64H46N2. The van der Waals surface area contributed by atoms with Crippen LogP contribution in [0.15, 0.2) is 279 Å². The minimum atomic E-state index is 1.09. The van der Waals surface area contributed by atoms with E-state index in [1.807, 2.05) is 0 Å². The van der Waals surface area contributed by atoms with Crippen LogP contribution in [0.4, 0.5) is 34.1 Å². The molecule has 0 N–H and O–H groups in total. The van der Waals surface area contributed by atoms with Gasteiger partial charge in [0, 0.05) is 33.8 Å². The van der Waals surface area contributed by atoms with E-state index in [0.29, 0.717) is 0 Å². The normalized spacial score (nSPS) is 11.0. The molecule has 0 spiro atoms. The Morgan fingerprint density at radius 2 is 0.485 bits per heavy atom. The van der Waals surface area contributed by atoms with Crippen molar-refractivity contribution in [3.63, 3.8) is 0 Å². The number of rotatable bonds is 11. The molecule has 312 valence electrons. The molecule has 0 atom stereocenters. The maximum absolute atomic E-state index is 2.38. The molecule has 2 nitrogen and oxygen atoms in total. The molecule has 11 aromatic carbocycles. The minimum absolute atomic E-state index is 1.09. The monoisotopic (exact) mass is 842 g/mol. The lowest BCUT2D eigenvalue weighted by Gasteiger charge is -2.27. The summed E-state index contributed by atoms with van der Waals surface area (Å²) in [6.07, 6.45) is 0. The molecule has 11 rings (SSSR count). The van der Waals surface area contributed by atoms with E-state index in [2.05, 4.69) is 289 Å². The van der Waals surface area contributed by atoms with Crippen LogP contribution in [0.1, 0.15) is 0 Å². The number of benzene rings is 11. The third-order valence-electron chi connectivity index (χ3n) is 12.5. The average molecular weight is 843 g/mol. The minimum Gasteiger partial charge on any atom is -0.310 e. The Labute approximate surface area is 387 Å². The number of anilines is 6. The fourth-order valence-corrected chi connectivity index (χ4v) is 9.08. The highest BCUT2D eigenvalue weighted by Crippen LogP contribution is 2.42. The van der Waals surface area contributed by atoms with Gasteiger partial charge in [0.15, 0.2) is 0 Å². The maximum atomic E-state index is 2.38. The first-order valence-electron chi connectivity index (χ1n) is 22.6. The zero-order valence-electron chi connectivity index (χ0n) is 36.5. The molecule has 0 radical (unpaired) electrons. The van der Waals surface area contributed by atoms with E-state index < -0.39 is 0 Å². The van der Waals surface area contributed by atoms with Gasteiger partial charge in [-0.3, -0.25) is 0 Å². The molecule has 0 amide bonds. The summed E-state index contributed by atoms with van der Waals surface area (Å²) in [7, 11) is 0. The van der Waals surface area contributed by atoms with Crippen LogP contribution in [0.5, 0.6) is 0 Å². The van der Waals surface area contributed by atoms with Crippen molar-refractivity contribution in [2.45, 2.75) is 0 Å². The first-order valence-corrected chi connectivity index (χ1v) is 22.6. The first-order chi connectivity index (χ1) is 32.7. The molecule has 0 aromatic heterocycles. The molecular weight excluding hydrogens is 797 g/mol. The van der Waals surface area contributed by atoms with Crippen molar-refractivity contribution in [2.24, 2.45) is 0 Å². The molecule has 0 aliphatic heterocycles. The third-order valence-corrected chi connectivity index (χ3v) is 12.5. The van der Waals surface area contributed by atoms with Crippen LogP contribution >= 0.6 is 0 Å². The van der Waals surface area contributed by atoms with Gasteiger partial charge in [-0.1, -0.05) is 212 Å². The van der Waals surface area contributed by atoms with Gasteiger partial charge in [0.05, 0.1) is 5.69 Å². The Balaban J connectivity index is 0.923. The van der Waals surface area contributed by atoms with Gasteiger partial charge in [-0.15, -0.1) is 0 Å². The summed E-state index contributed by atoms with van der Waals surface area (Å²) in [6.45, 7) is 0. The van der Waals surface area contributed by atoms with Crippen molar-refractivity contribution in [3.05, 3.63) is 279 Å². The molecule has 0 saturated carbocycles. The summed E-state index contributed by atoms with van der Waals surface area (Å²) in [5.74, 6) is 0. The number of nitrogens with zero attached hydrogens (tertiary/aromatic N) is 2. The van der Waals surface area contributed by atoms with Gasteiger partial charge >= 0.3 is 0 Å². The summed E-state index contributed by atoms with van der Waals surface area (Å²) in [4.78, 5) is 4.74. The molecule has 0 unspecified atom stereocenters. The lowest BCUT2D eigenvalue weighted by Crippen LogP contribution is -2.10. The van der Waals surface area contributed by atoms with Gasteiger partial charge in [0.25, 0.3) is 0 Å². The van der Waals surface area contributed by atoms with Crippen molar-refractivity contribution in [3.8, 4) is 55.6 Å². The highest BCUT2D eigenvalue weighted by molar-refractivity contribution is 5.99. The van der Waals surface area contributed by atoms with Crippen LogP contribution in [0.2, 0.25) is 0 Å². The second-order valence-corrected chi connectivity index (χ2v) is 16.6. The lowest BCUT2D eigenvalue weighted by molar-refractivity contribution is 1.28. The Bertz CT molecular complexity index is 3270. The van der Waals surface area contributed by atoms with Crippen molar-refractivity contribution < 1.29 is 0 Å². The van der Waals surface area contributed by atoms with Crippen LogP contribution in [0, 0.1) is 0 Å². The van der Waals surface area contributed by atoms with Gasteiger partial charge in [-0.25, -0.2) is 0 Å². The Kier molecular flexibility index (Phi) is 11.0. The summed E-state index contributed by atoms with van der Waals surface area (Å²) >= 11 is 0. The van der Waals surface area contributed by atoms with Crippen molar-refractivity contribution in [1.82, 2.24) is 0 Å². The van der Waals surface area contributed by atoms with Crippen molar-refractivity contribution in [2.75, 3.05) is 9.80 Å². The second kappa shape index (κ2) is 18.2. The summed E-state index contributed by atoms with van der Waals surface area (Å²) in [5.41, 5.74) is 18.5. The lowest BCUT2D eigenvalue weighted by atomic mass is 9.99. The van der Waals surface area contributed by atoms with E-state index in [9.17, 15) is 0 Å². The SMILES string of the molecule is c1ccc(-c2ccc(-c3ccc(N(c4ccc(-c5ccc(N(c6cccc(-c7ccccc7)c6)c6cccc(-c7ccccc7)c6)cc5)cc4)c4cccc5ccccc45)cc3)cc2)cc1. The van der Waals surface area contributed by atoms with E-state index in [0.717, 1.165) is 45.3 Å². The third kappa shape index (κ3) is 8.28. The number of hydrogen-bond acceptors (Lipinski definition) is 2. The summed E-state index contributed by atoms with van der Waals surface area (Å²) < 4.78 is 0. The van der Waals surface area contributed by atoms with E-state index in [-0.39, 0.29) is 0 Å². The van der Waals surface area contributed by atoms with Crippen LogP contribution in [0.3, 0.4) is 0 Å². The van der Waals surface area contributed by atoms with E-state index in [4.69, 9.17) is 0 Å². The van der Waals surface area contributed by atoms with Crippen LogP contribution in [0.25, 0.3) is 66.4 Å². The van der Waals surface area contributed by atoms with Gasteiger partial charge in [-0.05, 0) is 128 Å². The topological polar surface area (TPSA) is 6.48 Å². The Hall–Kier alpha value is -8.72. The molecule has 66 heavy (non-hydrogen) atoms. The van der Waals surface area contributed by atoms with E-state index in [1.54, 1.807) is 0 Å². The first kappa shape index (κ1) is 40.1. The summed E-state index contributed by atoms with van der Waals surface area (Å²) in [6, 6.07) is 100. The van der Waals surface area contributed by atoms with Crippen LogP contribution in [-0.4, -0.2) is 0 Å². The highest BCUT2D eigenvalue weighted by Gasteiger charge is 2.18. The van der Waals surface area contributed by atoms with E-state index >= 15 is 0 Å². The van der Waals surface area contributed by atoms with Gasteiger partial charge in [0.2, 0.25) is 0 Å². The predicted octanol–water partition coefficient (Wildman–Crippen LogP) is 18.1. The number of hydrogen-bond donors (Lipinski definition) is 0. The smallest absolute Gasteiger partial charge is 0.0540 e. The predicted molar refractivity (Wildman–Crippen MR) is 280 cm³/mol. The molecule has 0 heterocycles. The molecule has 0 aliphatic rings. The number of fused-ring (bicyclic) bond motifs is 1. The Morgan fingerprint density at radius 3 is 0.924 bits per heavy atom. The highest BCUT2D eigenvalue weighted by atomic mass is 15.1. The van der Waals surface area contributed by atoms with Crippen molar-refractivity contribution >= 4 is 44.9 Å². The molecule has 0 aliphatic carbocycles. The maximum Gasteiger partial charge on any atom is 0.0540 e. The fraction of sp³-hybridized carbons (Fsp3) is 0. The zero-order valence-corrected chi connectivity index (χ0v) is 36.5. The Morgan fingerprint density at radius 1 is 0.182 bits per heavy atom. The molecule has 11 aromatic rings. The largest absolute Gasteiger partial charge is 0.310 e. The fourth-order valence-electron chi connectivity index (χ4n) is 9.08. The molecule has 2 heteroatoms. The average Bonchev–Trinajstić information content (AvgIpc) is 3.40. The molecule has 0 fully saturated rings. The standard InChI is InChI=1S/C64H46N2/c1-4-15-47(16-5-1)50-29-31-51(32-30-50)52-35-41-59(42-36-52)66(64-28-14-22-55-21-10-11-27-63(55)64)60-43-37-54(38-44-60)53-33-39-58(40-34-53)65(61-25-12-23-56(45-61)48-17-6-2-7-18-48)62-26-13-24-57(46-62)49-19-8-3-9-20-49/h1-46H. The van der Waals surface area contributed by atoms with Crippen LogP contribution in [-0.2, 0) is 0 Å². The van der Waals surface area contributed by atoms with Crippen LogP contribution < -0.4 is 9.80 Å². The summed E-state index contributed by atoms with van der Waals surface area (Å²) in [5, 5.41) is 2.41. The molecule has 0 saturated heterocycles. The molecule has 0 bridgehead atoms. The quantitative estimate of drug-likeness (QED) is 0.128. The zero-order chi connectivity index (χ0) is 44.1. The van der Waals surface area contributed by atoms with E-state index in [1.165, 1.54) is 55.3 Å². The second-order valence-electron chi connectivity index (χ2n) is 16.6. The van der Waals surface area contributed by atoms with Gasteiger partial charge in [-0.2, -0.15) is 0 Å².